The second-order valence-electron chi connectivity index (χ2n) is 11.5. The highest BCUT2D eigenvalue weighted by Gasteiger charge is 2.38. The van der Waals surface area contributed by atoms with Gasteiger partial charge in [-0.05, 0) is 61.5 Å². The first-order valence-corrected chi connectivity index (χ1v) is 16.0. The monoisotopic (exact) mass is 623 g/mol. The maximum Gasteiger partial charge on any atom is 0.250 e. The molecule has 0 radical (unpaired) electrons. The molecular formula is C32H37N3O8S. The van der Waals surface area contributed by atoms with Crippen molar-refractivity contribution in [1.82, 2.24) is 14.8 Å². The van der Waals surface area contributed by atoms with Gasteiger partial charge in [-0.3, -0.25) is 19.2 Å². The lowest BCUT2D eigenvalue weighted by atomic mass is 9.83. The minimum absolute atomic E-state index is 0.0293. The van der Waals surface area contributed by atoms with Gasteiger partial charge in [-0.25, -0.2) is 0 Å². The highest BCUT2D eigenvalue weighted by Crippen LogP contribution is 2.38. The number of likely N-dealkylation sites (tertiary alicyclic amines) is 1. The van der Waals surface area contributed by atoms with Crippen molar-refractivity contribution < 1.29 is 29.0 Å². The second kappa shape index (κ2) is 13.2. The zero-order valence-electron chi connectivity index (χ0n) is 24.9. The second-order valence-corrected chi connectivity index (χ2v) is 12.5. The molecule has 0 aliphatic carbocycles. The van der Waals surface area contributed by atoms with E-state index >= 15 is 0 Å². The Morgan fingerprint density at radius 2 is 1.93 bits per heavy atom. The van der Waals surface area contributed by atoms with E-state index in [-0.39, 0.29) is 52.7 Å². The van der Waals surface area contributed by atoms with Gasteiger partial charge in [0.25, 0.3) is 5.56 Å². The molecule has 5 rings (SSSR count). The average Bonchev–Trinajstić information content (AvgIpc) is 3.00. The number of nitrogens with one attached hydrogen (secondary N) is 1. The molecule has 0 saturated carbocycles. The molecule has 2 aromatic heterocycles. The van der Waals surface area contributed by atoms with E-state index in [1.165, 1.54) is 19.2 Å². The minimum atomic E-state index is -0.919. The Kier molecular flexibility index (Phi) is 9.38. The Hall–Kier alpha value is -4.19. The van der Waals surface area contributed by atoms with E-state index in [9.17, 15) is 29.4 Å². The number of methoxy groups -OCH3 is 1. The summed E-state index contributed by atoms with van der Waals surface area (Å²) in [4.78, 5) is 54.3. The fourth-order valence-electron chi connectivity index (χ4n) is 6.36. The van der Waals surface area contributed by atoms with Gasteiger partial charge in [-0.15, -0.1) is 0 Å². The molecule has 0 unspecified atom stereocenters. The van der Waals surface area contributed by atoms with Crippen molar-refractivity contribution in [1.29, 1.82) is 0 Å². The SMILES string of the molecule is COc1cc([C@H](CC(=O)N[C@@H](CCSC)C(=O)N2C[C@H]3C[C@@H](C2)c2cccc(=O)n2C3)c2oc(C)cc(=O)c2O)ccc1O. The molecule has 11 nitrogen and oxygen atoms in total. The van der Waals surface area contributed by atoms with Crippen molar-refractivity contribution in [2.24, 2.45) is 5.92 Å². The molecule has 2 aliphatic rings. The Balaban J connectivity index is 1.39. The van der Waals surface area contributed by atoms with Crippen LogP contribution in [0.2, 0.25) is 0 Å². The normalized spacial score (nSPS) is 18.7. The average molecular weight is 624 g/mol. The van der Waals surface area contributed by atoms with Crippen molar-refractivity contribution in [2.45, 2.75) is 50.6 Å². The summed E-state index contributed by atoms with van der Waals surface area (Å²) in [6.07, 6.45) is 2.99. The van der Waals surface area contributed by atoms with Crippen LogP contribution in [0.4, 0.5) is 0 Å². The lowest BCUT2D eigenvalue weighted by Crippen LogP contribution is -2.55. The number of phenols is 1. The van der Waals surface area contributed by atoms with Gasteiger partial charge in [0.15, 0.2) is 17.3 Å². The maximum atomic E-state index is 13.9. The van der Waals surface area contributed by atoms with Gasteiger partial charge < -0.3 is 34.2 Å². The molecule has 3 N–H and O–H groups in total. The molecule has 234 valence electrons. The molecule has 1 fully saturated rings. The van der Waals surface area contributed by atoms with Gasteiger partial charge in [0, 0.05) is 49.8 Å². The summed E-state index contributed by atoms with van der Waals surface area (Å²) >= 11 is 1.57. The molecule has 12 heteroatoms. The number of thioether (sulfide) groups is 1. The third kappa shape index (κ3) is 6.50. The van der Waals surface area contributed by atoms with E-state index in [2.05, 4.69) is 5.32 Å². The first-order chi connectivity index (χ1) is 21.1. The molecule has 3 aromatic rings. The number of phenolic OH excluding ortho intramolecular Hbond substituents is 1. The number of carbonyl (C=O) groups is 2. The summed E-state index contributed by atoms with van der Waals surface area (Å²) in [5, 5.41) is 23.7. The first kappa shape index (κ1) is 31.2. The fraction of sp³-hybridized carbons (Fsp3) is 0.438. The van der Waals surface area contributed by atoms with Crippen LogP contribution in [0.3, 0.4) is 0 Å². The third-order valence-electron chi connectivity index (χ3n) is 8.42. The lowest BCUT2D eigenvalue weighted by molar-refractivity contribution is -0.139. The Morgan fingerprint density at radius 3 is 2.68 bits per heavy atom. The number of aromatic hydroxyl groups is 2. The number of pyridine rings is 1. The number of benzene rings is 1. The van der Waals surface area contributed by atoms with Crippen molar-refractivity contribution in [2.75, 3.05) is 32.2 Å². The summed E-state index contributed by atoms with van der Waals surface area (Å²) < 4.78 is 12.8. The standard InChI is InChI=1S/C32H37N3O8S/c1-18-11-26(37)30(40)31(43-18)22(20-7-8-25(36)27(13-20)42-2)14-28(38)33-23(9-10-44-3)32(41)34-15-19-12-21(17-34)24-5-4-6-29(39)35(24)16-19/h4-8,11,13,19,21-23,36,40H,9-10,12,14-17H2,1-3H3,(H,33,38)/t19-,21+,22+,23+/m1/s1. The number of ether oxygens (including phenoxy) is 1. The van der Waals surface area contributed by atoms with Crippen LogP contribution in [0.1, 0.15) is 53.9 Å². The van der Waals surface area contributed by atoms with Crippen molar-refractivity contribution in [3.63, 3.8) is 0 Å². The smallest absolute Gasteiger partial charge is 0.250 e. The molecule has 1 saturated heterocycles. The number of aromatic nitrogens is 1. The van der Waals surface area contributed by atoms with E-state index in [4.69, 9.17) is 9.15 Å². The Bertz CT molecular complexity index is 1670. The van der Waals surface area contributed by atoms with Gasteiger partial charge in [-0.2, -0.15) is 11.8 Å². The minimum Gasteiger partial charge on any atom is -0.504 e. The number of hydrogen-bond acceptors (Lipinski definition) is 9. The number of rotatable bonds is 10. The van der Waals surface area contributed by atoms with E-state index in [0.29, 0.717) is 37.4 Å². The molecule has 2 amide bonds. The number of amides is 2. The number of aryl methyl sites for hydroxylation is 1. The fourth-order valence-corrected chi connectivity index (χ4v) is 6.83. The predicted molar refractivity (Wildman–Crippen MR) is 166 cm³/mol. The molecule has 44 heavy (non-hydrogen) atoms. The summed E-state index contributed by atoms with van der Waals surface area (Å²) in [5.74, 6) is -1.17. The van der Waals surface area contributed by atoms with Crippen LogP contribution in [0.5, 0.6) is 17.2 Å². The molecule has 1 aromatic carbocycles. The van der Waals surface area contributed by atoms with Crippen molar-refractivity contribution in [3.05, 3.63) is 85.8 Å². The third-order valence-corrected chi connectivity index (χ3v) is 9.06. The van der Waals surface area contributed by atoms with E-state index < -0.39 is 29.0 Å². The number of carbonyl (C=O) groups excluding carboxylic acids is 2. The molecule has 2 bridgehead atoms. The van der Waals surface area contributed by atoms with Crippen LogP contribution in [0.15, 0.2) is 56.5 Å². The van der Waals surface area contributed by atoms with Crippen LogP contribution >= 0.6 is 11.8 Å². The Morgan fingerprint density at radius 1 is 1.14 bits per heavy atom. The van der Waals surface area contributed by atoms with Gasteiger partial charge in [0.2, 0.25) is 23.0 Å². The van der Waals surface area contributed by atoms with Gasteiger partial charge in [0.1, 0.15) is 11.8 Å². The van der Waals surface area contributed by atoms with Crippen LogP contribution in [0, 0.1) is 12.8 Å². The van der Waals surface area contributed by atoms with Crippen molar-refractivity contribution in [3.8, 4) is 17.2 Å². The van der Waals surface area contributed by atoms with E-state index in [0.717, 1.165) is 18.2 Å². The molecule has 2 aliphatic heterocycles. The summed E-state index contributed by atoms with van der Waals surface area (Å²) in [6, 6.07) is 10.1. The Labute approximate surface area is 258 Å². The molecule has 4 heterocycles. The molecule has 4 atom stereocenters. The largest absolute Gasteiger partial charge is 0.504 e. The van der Waals surface area contributed by atoms with Gasteiger partial charge in [-0.1, -0.05) is 12.1 Å². The number of nitrogens with zero attached hydrogens (tertiary/aromatic N) is 2. The zero-order valence-corrected chi connectivity index (χ0v) is 25.8. The number of piperidine rings is 1. The number of hydrogen-bond donors (Lipinski definition) is 3. The lowest BCUT2D eigenvalue weighted by Gasteiger charge is -2.43. The predicted octanol–water partition coefficient (Wildman–Crippen LogP) is 2.94. The summed E-state index contributed by atoms with van der Waals surface area (Å²) in [7, 11) is 1.39. The molecular weight excluding hydrogens is 586 g/mol. The topological polar surface area (TPSA) is 151 Å². The summed E-state index contributed by atoms with van der Waals surface area (Å²) in [5.41, 5.74) is 0.719. The van der Waals surface area contributed by atoms with Crippen LogP contribution in [0.25, 0.3) is 0 Å². The van der Waals surface area contributed by atoms with Gasteiger partial charge in [0.05, 0.1) is 13.0 Å². The van der Waals surface area contributed by atoms with Crippen LogP contribution in [-0.2, 0) is 16.1 Å². The van der Waals surface area contributed by atoms with Crippen molar-refractivity contribution >= 4 is 23.6 Å². The maximum absolute atomic E-state index is 13.9. The van der Waals surface area contributed by atoms with Gasteiger partial charge >= 0.3 is 0 Å². The van der Waals surface area contributed by atoms with E-state index in [1.54, 1.807) is 41.8 Å². The van der Waals surface area contributed by atoms with E-state index in [1.807, 2.05) is 16.9 Å². The highest BCUT2D eigenvalue weighted by molar-refractivity contribution is 7.98. The quantitative estimate of drug-likeness (QED) is 0.310. The number of fused-ring (bicyclic) bond motifs is 4. The zero-order chi connectivity index (χ0) is 31.5. The first-order valence-electron chi connectivity index (χ1n) is 14.6. The molecule has 0 spiro atoms. The van der Waals surface area contributed by atoms with Crippen LogP contribution < -0.4 is 21.0 Å². The summed E-state index contributed by atoms with van der Waals surface area (Å²) in [6.45, 7) is 3.08. The highest BCUT2D eigenvalue weighted by atomic mass is 32.2. The van der Waals surface area contributed by atoms with Crippen LogP contribution in [-0.4, -0.2) is 69.7 Å².